The molecule has 2 aromatic rings. The normalized spacial score (nSPS) is 10.9. The molecule has 1 aromatic heterocycles. The summed E-state index contributed by atoms with van der Waals surface area (Å²) in [5.74, 6) is 0.907. The van der Waals surface area contributed by atoms with Crippen LogP contribution in [0, 0.1) is 18.3 Å². The van der Waals surface area contributed by atoms with E-state index >= 15 is 0 Å². The lowest BCUT2D eigenvalue weighted by molar-refractivity contribution is -0.117. The third-order valence-electron chi connectivity index (χ3n) is 3.40. The molecule has 0 bridgehead atoms. The fourth-order valence-electron chi connectivity index (χ4n) is 2.02. The number of nitrogens with zero attached hydrogens (tertiary/aromatic N) is 1. The van der Waals surface area contributed by atoms with E-state index in [1.54, 1.807) is 13.2 Å². The van der Waals surface area contributed by atoms with E-state index in [1.165, 1.54) is 12.3 Å². The Balaban J connectivity index is 1.91. The molecule has 0 fully saturated rings. The van der Waals surface area contributed by atoms with Crippen molar-refractivity contribution < 1.29 is 13.9 Å². The van der Waals surface area contributed by atoms with E-state index in [1.807, 2.05) is 37.3 Å². The molecule has 5 heteroatoms. The van der Waals surface area contributed by atoms with Gasteiger partial charge in [0.15, 0.2) is 0 Å². The Morgan fingerprint density at radius 1 is 1.35 bits per heavy atom. The van der Waals surface area contributed by atoms with Crippen LogP contribution in [0.15, 0.2) is 46.6 Å². The molecule has 1 N–H and O–H groups in total. The first-order valence-electron chi connectivity index (χ1n) is 7.21. The van der Waals surface area contributed by atoms with E-state index in [0.717, 1.165) is 16.9 Å². The molecule has 1 aromatic carbocycles. The van der Waals surface area contributed by atoms with E-state index in [9.17, 15) is 4.79 Å². The monoisotopic (exact) mass is 310 g/mol. The fourth-order valence-corrected chi connectivity index (χ4v) is 2.02. The Morgan fingerprint density at radius 2 is 2.09 bits per heavy atom. The third-order valence-corrected chi connectivity index (χ3v) is 3.40. The smallest absolute Gasteiger partial charge is 0.262 e. The number of ether oxygens (including phenoxy) is 1. The van der Waals surface area contributed by atoms with Gasteiger partial charge in [0.1, 0.15) is 23.2 Å². The number of amides is 1. The summed E-state index contributed by atoms with van der Waals surface area (Å²) in [5.41, 5.74) is 1.98. The summed E-state index contributed by atoms with van der Waals surface area (Å²) < 4.78 is 10.3. The maximum absolute atomic E-state index is 12.0. The van der Waals surface area contributed by atoms with E-state index in [4.69, 9.17) is 14.4 Å². The summed E-state index contributed by atoms with van der Waals surface area (Å²) in [7, 11) is 1.62. The van der Waals surface area contributed by atoms with Crippen LogP contribution in [0.4, 0.5) is 0 Å². The second kappa shape index (κ2) is 7.85. The molecule has 0 saturated heterocycles. The molecule has 0 atom stereocenters. The molecule has 0 spiro atoms. The number of hydrogen-bond acceptors (Lipinski definition) is 4. The molecule has 118 valence electrons. The minimum absolute atomic E-state index is 0.0257. The average molecular weight is 310 g/mol. The van der Waals surface area contributed by atoms with Crippen molar-refractivity contribution in [2.45, 2.75) is 13.3 Å². The molecule has 1 heterocycles. The van der Waals surface area contributed by atoms with E-state index in [-0.39, 0.29) is 5.57 Å². The van der Waals surface area contributed by atoms with Crippen LogP contribution >= 0.6 is 0 Å². The number of hydrogen-bond donors (Lipinski definition) is 1. The molecule has 5 nitrogen and oxygen atoms in total. The van der Waals surface area contributed by atoms with Gasteiger partial charge in [-0.15, -0.1) is 0 Å². The van der Waals surface area contributed by atoms with Crippen molar-refractivity contribution in [1.29, 1.82) is 5.26 Å². The molecule has 0 unspecified atom stereocenters. The number of carbonyl (C=O) groups excluding carboxylic acids is 1. The summed E-state index contributed by atoms with van der Waals surface area (Å²) in [4.78, 5) is 12.0. The number of methoxy groups -OCH3 is 1. The van der Waals surface area contributed by atoms with Gasteiger partial charge in [0.25, 0.3) is 5.91 Å². The molecule has 0 saturated carbocycles. The van der Waals surface area contributed by atoms with Gasteiger partial charge in [0.2, 0.25) is 0 Å². The highest BCUT2D eigenvalue weighted by atomic mass is 16.5. The van der Waals surface area contributed by atoms with Crippen LogP contribution in [0.25, 0.3) is 6.08 Å². The number of furan rings is 1. The predicted octanol–water partition coefficient (Wildman–Crippen LogP) is 2.86. The number of nitriles is 1. The summed E-state index contributed by atoms with van der Waals surface area (Å²) in [6.45, 7) is 2.30. The summed E-state index contributed by atoms with van der Waals surface area (Å²) in [6, 6.07) is 11.3. The van der Waals surface area contributed by atoms with Crippen molar-refractivity contribution in [2.75, 3.05) is 13.7 Å². The fraction of sp³-hybridized carbons (Fsp3) is 0.222. The van der Waals surface area contributed by atoms with Crippen LogP contribution in [0.2, 0.25) is 0 Å². The van der Waals surface area contributed by atoms with Gasteiger partial charge in [-0.3, -0.25) is 4.79 Å². The quantitative estimate of drug-likeness (QED) is 0.657. The lowest BCUT2D eigenvalue weighted by Crippen LogP contribution is -2.26. The topological polar surface area (TPSA) is 75.3 Å². The predicted molar refractivity (Wildman–Crippen MR) is 86.7 cm³/mol. The first kappa shape index (κ1) is 16.4. The van der Waals surface area contributed by atoms with Gasteiger partial charge < -0.3 is 14.5 Å². The minimum atomic E-state index is -0.406. The van der Waals surface area contributed by atoms with Gasteiger partial charge in [0, 0.05) is 12.6 Å². The Labute approximate surface area is 135 Å². The zero-order chi connectivity index (χ0) is 16.7. The number of nitrogens with one attached hydrogen (secondary N) is 1. The minimum Gasteiger partial charge on any atom is -0.497 e. The van der Waals surface area contributed by atoms with Gasteiger partial charge in [-0.05, 0) is 42.7 Å². The van der Waals surface area contributed by atoms with Crippen molar-refractivity contribution in [3.63, 3.8) is 0 Å². The summed E-state index contributed by atoms with van der Waals surface area (Å²) in [6.07, 6.45) is 3.66. The molecular weight excluding hydrogens is 292 g/mol. The largest absolute Gasteiger partial charge is 0.497 e. The summed E-state index contributed by atoms with van der Waals surface area (Å²) >= 11 is 0. The van der Waals surface area contributed by atoms with Gasteiger partial charge in [-0.25, -0.2) is 0 Å². The van der Waals surface area contributed by atoms with Gasteiger partial charge in [-0.1, -0.05) is 12.1 Å². The second-order valence-corrected chi connectivity index (χ2v) is 4.99. The maximum atomic E-state index is 12.0. The Morgan fingerprint density at radius 3 is 2.65 bits per heavy atom. The van der Waals surface area contributed by atoms with E-state index in [0.29, 0.717) is 18.7 Å². The first-order chi connectivity index (χ1) is 11.1. The zero-order valence-corrected chi connectivity index (χ0v) is 13.1. The van der Waals surface area contributed by atoms with Gasteiger partial charge in [-0.2, -0.15) is 5.26 Å². The SMILES string of the molecule is COc1ccc(CCNC(=O)C(C#N)=Cc2occc2C)cc1. The van der Waals surface area contributed by atoms with Crippen LogP contribution in [0.5, 0.6) is 5.75 Å². The first-order valence-corrected chi connectivity index (χ1v) is 7.21. The van der Waals surface area contributed by atoms with E-state index in [2.05, 4.69) is 5.32 Å². The summed E-state index contributed by atoms with van der Waals surface area (Å²) in [5, 5.41) is 11.9. The number of rotatable bonds is 6. The van der Waals surface area contributed by atoms with Crippen LogP contribution in [-0.4, -0.2) is 19.6 Å². The molecular formula is C18H18N2O3. The van der Waals surface area contributed by atoms with Crippen LogP contribution < -0.4 is 10.1 Å². The zero-order valence-electron chi connectivity index (χ0n) is 13.1. The maximum Gasteiger partial charge on any atom is 0.262 e. The molecule has 0 aliphatic heterocycles. The highest BCUT2D eigenvalue weighted by Crippen LogP contribution is 2.14. The lowest BCUT2D eigenvalue weighted by Gasteiger charge is -2.05. The molecule has 23 heavy (non-hydrogen) atoms. The van der Waals surface area contributed by atoms with Crippen LogP contribution in [-0.2, 0) is 11.2 Å². The average Bonchev–Trinajstić information content (AvgIpc) is 2.98. The standard InChI is InChI=1S/C18H18N2O3/c1-13-8-10-23-17(13)11-15(12-19)18(21)20-9-7-14-3-5-16(22-2)6-4-14/h3-6,8,10-11H,7,9H2,1-2H3,(H,20,21). The molecule has 0 aliphatic carbocycles. The van der Waals surface area contributed by atoms with Crippen molar-refractivity contribution in [2.24, 2.45) is 0 Å². The van der Waals surface area contributed by atoms with E-state index < -0.39 is 5.91 Å². The van der Waals surface area contributed by atoms with Crippen molar-refractivity contribution in [1.82, 2.24) is 5.32 Å². The van der Waals surface area contributed by atoms with Gasteiger partial charge >= 0.3 is 0 Å². The molecule has 1 amide bonds. The van der Waals surface area contributed by atoms with Crippen molar-refractivity contribution in [3.05, 3.63) is 59.1 Å². The number of carbonyl (C=O) groups is 1. The van der Waals surface area contributed by atoms with Gasteiger partial charge in [0.05, 0.1) is 13.4 Å². The Hall–Kier alpha value is -3.00. The van der Waals surface area contributed by atoms with Crippen LogP contribution in [0.1, 0.15) is 16.9 Å². The van der Waals surface area contributed by atoms with Crippen molar-refractivity contribution in [3.8, 4) is 11.8 Å². The molecule has 0 aliphatic rings. The van der Waals surface area contributed by atoms with Crippen LogP contribution in [0.3, 0.4) is 0 Å². The Kier molecular flexibility index (Phi) is 5.59. The molecule has 2 rings (SSSR count). The lowest BCUT2D eigenvalue weighted by atomic mass is 10.1. The number of aryl methyl sites for hydroxylation is 1. The number of benzene rings is 1. The second-order valence-electron chi connectivity index (χ2n) is 4.99. The highest BCUT2D eigenvalue weighted by molar-refractivity contribution is 6.01. The highest BCUT2D eigenvalue weighted by Gasteiger charge is 2.10. The third kappa shape index (κ3) is 4.48. The molecule has 0 radical (unpaired) electrons. The Bertz CT molecular complexity index is 736. The van der Waals surface area contributed by atoms with Crippen molar-refractivity contribution >= 4 is 12.0 Å².